The molecule has 0 aliphatic carbocycles. The third-order valence-corrected chi connectivity index (χ3v) is 7.26. The van der Waals surface area contributed by atoms with E-state index in [1.807, 2.05) is 76.3 Å². The molecule has 2 amide bonds. The van der Waals surface area contributed by atoms with Crippen molar-refractivity contribution in [3.63, 3.8) is 0 Å². The van der Waals surface area contributed by atoms with E-state index in [1.165, 1.54) is 0 Å². The van der Waals surface area contributed by atoms with Gasteiger partial charge in [-0.25, -0.2) is 9.48 Å². The average Bonchev–Trinajstić information content (AvgIpc) is 3.58. The molecule has 5 aromatic rings. The molecule has 7 heteroatoms. The number of para-hydroxylation sites is 1. The van der Waals surface area contributed by atoms with Gasteiger partial charge in [-0.15, -0.1) is 0 Å². The number of hydrogen-bond acceptors (Lipinski definition) is 3. The van der Waals surface area contributed by atoms with Crippen molar-refractivity contribution in [2.45, 2.75) is 32.5 Å². The average molecular weight is 518 g/mol. The summed E-state index contributed by atoms with van der Waals surface area (Å²) in [6, 6.07) is 31.9. The van der Waals surface area contributed by atoms with E-state index in [4.69, 9.17) is 9.84 Å². The zero-order valence-corrected chi connectivity index (χ0v) is 22.1. The molecular weight excluding hydrogens is 486 g/mol. The van der Waals surface area contributed by atoms with Crippen LogP contribution in [0.2, 0.25) is 0 Å². The van der Waals surface area contributed by atoms with Crippen LogP contribution in [0, 0.1) is 0 Å². The van der Waals surface area contributed by atoms with Crippen LogP contribution >= 0.6 is 0 Å². The number of carbonyl (C=O) groups is 1. The van der Waals surface area contributed by atoms with Crippen molar-refractivity contribution in [3.8, 4) is 17.3 Å². The lowest BCUT2D eigenvalue weighted by molar-refractivity contribution is 0.180. The number of amides is 2. The third kappa shape index (κ3) is 4.56. The predicted octanol–water partition coefficient (Wildman–Crippen LogP) is 6.05. The van der Waals surface area contributed by atoms with Crippen LogP contribution in [-0.4, -0.2) is 32.4 Å². The quantitative estimate of drug-likeness (QED) is 0.298. The van der Waals surface area contributed by atoms with Gasteiger partial charge in [0, 0.05) is 18.3 Å². The number of nitrogens with one attached hydrogen (secondary N) is 1. The largest absolute Gasteiger partial charge is 0.497 e. The molecule has 3 heterocycles. The molecule has 3 aromatic carbocycles. The Bertz CT molecular complexity index is 1590. The molecular formula is C32H31N5O2. The molecule has 0 saturated carbocycles. The Hall–Kier alpha value is -4.78. The van der Waals surface area contributed by atoms with Gasteiger partial charge in [0.25, 0.3) is 0 Å². The fourth-order valence-corrected chi connectivity index (χ4v) is 5.40. The van der Waals surface area contributed by atoms with Gasteiger partial charge in [-0.1, -0.05) is 67.6 Å². The van der Waals surface area contributed by atoms with E-state index in [9.17, 15) is 4.79 Å². The minimum atomic E-state index is -0.284. The fraction of sp³-hybridized carbons (Fsp3) is 0.188. The Kier molecular flexibility index (Phi) is 6.63. The summed E-state index contributed by atoms with van der Waals surface area (Å²) in [4.78, 5) is 16.0. The first-order chi connectivity index (χ1) is 19.2. The van der Waals surface area contributed by atoms with Gasteiger partial charge in [0.2, 0.25) is 0 Å². The summed E-state index contributed by atoms with van der Waals surface area (Å²) in [5, 5.41) is 8.20. The first-order valence-corrected chi connectivity index (χ1v) is 13.2. The molecule has 0 spiro atoms. The molecule has 0 radical (unpaired) electrons. The highest BCUT2D eigenvalue weighted by Gasteiger charge is 2.36. The second-order valence-electron chi connectivity index (χ2n) is 9.60. The number of ether oxygens (including phenoxy) is 1. The topological polar surface area (TPSA) is 64.3 Å². The number of hydrogen-bond donors (Lipinski definition) is 1. The monoisotopic (exact) mass is 517 g/mol. The van der Waals surface area contributed by atoms with E-state index in [0.29, 0.717) is 13.1 Å². The van der Waals surface area contributed by atoms with Crippen LogP contribution in [0.25, 0.3) is 11.5 Å². The summed E-state index contributed by atoms with van der Waals surface area (Å²) < 4.78 is 9.58. The lowest BCUT2D eigenvalue weighted by Crippen LogP contribution is -2.41. The SMILES string of the molecule is CCc1nn(-c2ccccc2)c2c1CN(C(=O)NCc1cccc(OC)c1)[C@H](c1ccccc1)c1cccn1-2. The highest BCUT2D eigenvalue weighted by Crippen LogP contribution is 2.38. The minimum absolute atomic E-state index is 0.137. The Morgan fingerprint density at radius 3 is 2.49 bits per heavy atom. The highest BCUT2D eigenvalue weighted by atomic mass is 16.5. The lowest BCUT2D eigenvalue weighted by Gasteiger charge is -2.31. The van der Waals surface area contributed by atoms with Crippen LogP contribution < -0.4 is 10.1 Å². The van der Waals surface area contributed by atoms with E-state index < -0.39 is 0 Å². The molecule has 1 atom stereocenters. The van der Waals surface area contributed by atoms with Crippen molar-refractivity contribution in [1.82, 2.24) is 24.6 Å². The van der Waals surface area contributed by atoms with Gasteiger partial charge in [-0.2, -0.15) is 5.10 Å². The Balaban J connectivity index is 1.46. The lowest BCUT2D eigenvalue weighted by atomic mass is 10.0. The van der Waals surface area contributed by atoms with Crippen molar-refractivity contribution in [1.29, 1.82) is 0 Å². The van der Waals surface area contributed by atoms with E-state index in [2.05, 4.69) is 53.3 Å². The van der Waals surface area contributed by atoms with Crippen LogP contribution in [0.5, 0.6) is 5.75 Å². The second kappa shape index (κ2) is 10.5. The molecule has 1 N–H and O–H groups in total. The number of aryl methyl sites for hydroxylation is 1. The van der Waals surface area contributed by atoms with E-state index in [-0.39, 0.29) is 12.1 Å². The number of urea groups is 1. The fourth-order valence-electron chi connectivity index (χ4n) is 5.40. The number of rotatable bonds is 6. The molecule has 2 aromatic heterocycles. The zero-order valence-electron chi connectivity index (χ0n) is 22.1. The van der Waals surface area contributed by atoms with Crippen molar-refractivity contribution in [2.24, 2.45) is 0 Å². The standard InChI is InChI=1S/C32H31N5O2/c1-3-28-27-22-36(32(38)33-21-23-12-10-17-26(20-23)39-2)30(24-13-6-4-7-14-24)29-18-11-19-35(29)31(27)37(34-28)25-15-8-5-9-16-25/h4-20,30H,3,21-22H2,1-2H3,(H,33,38)/t30-/m1/s1. The van der Waals surface area contributed by atoms with Gasteiger partial charge in [0.15, 0.2) is 0 Å². The molecule has 0 unspecified atom stereocenters. The summed E-state index contributed by atoms with van der Waals surface area (Å²) in [6.45, 7) is 2.93. The summed E-state index contributed by atoms with van der Waals surface area (Å²) in [5.74, 6) is 1.74. The summed E-state index contributed by atoms with van der Waals surface area (Å²) in [5.41, 5.74) is 6.05. The van der Waals surface area contributed by atoms with E-state index in [0.717, 1.165) is 51.8 Å². The van der Waals surface area contributed by atoms with Crippen LogP contribution in [0.3, 0.4) is 0 Å². The number of benzene rings is 3. The molecule has 1 aliphatic rings. The maximum atomic E-state index is 14.0. The maximum absolute atomic E-state index is 14.0. The van der Waals surface area contributed by atoms with Crippen molar-refractivity contribution in [3.05, 3.63) is 131 Å². The van der Waals surface area contributed by atoms with Gasteiger partial charge in [0.05, 0.1) is 36.8 Å². The first kappa shape index (κ1) is 24.6. The molecule has 0 bridgehead atoms. The highest BCUT2D eigenvalue weighted by molar-refractivity contribution is 5.76. The van der Waals surface area contributed by atoms with E-state index in [1.54, 1.807) is 7.11 Å². The molecule has 7 nitrogen and oxygen atoms in total. The van der Waals surface area contributed by atoms with Crippen molar-refractivity contribution < 1.29 is 9.53 Å². The predicted molar refractivity (Wildman–Crippen MR) is 151 cm³/mol. The second-order valence-corrected chi connectivity index (χ2v) is 9.60. The van der Waals surface area contributed by atoms with E-state index >= 15 is 0 Å². The van der Waals surface area contributed by atoms with Crippen LogP contribution in [-0.2, 0) is 19.5 Å². The number of carbonyl (C=O) groups excluding carboxylic acids is 1. The van der Waals surface area contributed by atoms with Gasteiger partial charge in [-0.3, -0.25) is 0 Å². The minimum Gasteiger partial charge on any atom is -0.497 e. The first-order valence-electron chi connectivity index (χ1n) is 13.2. The summed E-state index contributed by atoms with van der Waals surface area (Å²) in [7, 11) is 1.65. The molecule has 196 valence electrons. The number of nitrogens with zero attached hydrogens (tertiary/aromatic N) is 4. The number of methoxy groups -OCH3 is 1. The normalized spacial score (nSPS) is 14.3. The van der Waals surface area contributed by atoms with Crippen LogP contribution in [0.15, 0.2) is 103 Å². The number of fused-ring (bicyclic) bond motifs is 3. The Labute approximate surface area is 228 Å². The van der Waals surface area contributed by atoms with Crippen LogP contribution in [0.1, 0.15) is 41.0 Å². The zero-order chi connectivity index (χ0) is 26.8. The molecule has 0 saturated heterocycles. The number of aromatic nitrogens is 3. The smallest absolute Gasteiger partial charge is 0.318 e. The van der Waals surface area contributed by atoms with Gasteiger partial charge >= 0.3 is 6.03 Å². The molecule has 1 aliphatic heterocycles. The maximum Gasteiger partial charge on any atom is 0.318 e. The van der Waals surface area contributed by atoms with Crippen LogP contribution in [0.4, 0.5) is 4.79 Å². The third-order valence-electron chi connectivity index (χ3n) is 7.26. The van der Waals surface area contributed by atoms with Crippen molar-refractivity contribution >= 4 is 6.03 Å². The van der Waals surface area contributed by atoms with Gasteiger partial charge in [0.1, 0.15) is 11.6 Å². The molecule has 0 fully saturated rings. The van der Waals surface area contributed by atoms with Crippen molar-refractivity contribution in [2.75, 3.05) is 7.11 Å². The summed E-state index contributed by atoms with van der Waals surface area (Å²) in [6.07, 6.45) is 2.83. The van der Waals surface area contributed by atoms with Gasteiger partial charge in [-0.05, 0) is 53.9 Å². The summed E-state index contributed by atoms with van der Waals surface area (Å²) >= 11 is 0. The molecule has 39 heavy (non-hydrogen) atoms. The molecule has 6 rings (SSSR count). The Morgan fingerprint density at radius 2 is 1.74 bits per heavy atom. The Morgan fingerprint density at radius 1 is 0.974 bits per heavy atom. The van der Waals surface area contributed by atoms with Gasteiger partial charge < -0.3 is 19.5 Å².